The highest BCUT2D eigenvalue weighted by atomic mass is 16.6. The van der Waals surface area contributed by atoms with E-state index in [0.29, 0.717) is 30.6 Å². The quantitative estimate of drug-likeness (QED) is 0.652. The number of ether oxygens (including phenoxy) is 1. The van der Waals surface area contributed by atoms with Gasteiger partial charge in [-0.05, 0) is 30.9 Å². The van der Waals surface area contributed by atoms with Gasteiger partial charge in [0.05, 0.1) is 23.5 Å². The Bertz CT molecular complexity index is 522. The minimum absolute atomic E-state index is 0.0748. The zero-order chi connectivity index (χ0) is 14.0. The maximum absolute atomic E-state index is 11.3. The van der Waals surface area contributed by atoms with Crippen molar-refractivity contribution in [2.45, 2.75) is 25.7 Å². The maximum Gasteiger partial charge on any atom is 0.309 e. The summed E-state index contributed by atoms with van der Waals surface area (Å²) in [5, 5.41) is 20.1. The number of aliphatic carboxylic acids is 1. The molecular weight excluding hydrogens is 250 g/mol. The summed E-state index contributed by atoms with van der Waals surface area (Å²) in [6.07, 6.45) is 2.43. The molecule has 0 aliphatic heterocycles. The van der Waals surface area contributed by atoms with Gasteiger partial charge in [-0.15, -0.1) is 0 Å². The third kappa shape index (κ3) is 2.52. The van der Waals surface area contributed by atoms with Gasteiger partial charge in [0.2, 0.25) is 0 Å². The van der Waals surface area contributed by atoms with Gasteiger partial charge in [-0.3, -0.25) is 14.9 Å². The van der Waals surface area contributed by atoms with Crippen LogP contribution < -0.4 is 4.74 Å². The number of benzene rings is 1. The Morgan fingerprint density at radius 2 is 2.16 bits per heavy atom. The van der Waals surface area contributed by atoms with E-state index in [-0.39, 0.29) is 5.69 Å². The second-order valence-corrected chi connectivity index (χ2v) is 4.91. The Labute approximate surface area is 110 Å². The van der Waals surface area contributed by atoms with Crippen molar-refractivity contribution >= 4 is 11.7 Å². The average Bonchev–Trinajstić information content (AvgIpc) is 2.32. The first kappa shape index (κ1) is 13.3. The summed E-state index contributed by atoms with van der Waals surface area (Å²) in [6, 6.07) is 4.42. The second-order valence-electron chi connectivity index (χ2n) is 4.91. The van der Waals surface area contributed by atoms with E-state index in [4.69, 9.17) is 4.74 Å². The summed E-state index contributed by atoms with van der Waals surface area (Å²) in [6.45, 7) is 0. The fourth-order valence-electron chi connectivity index (χ4n) is 2.43. The molecule has 6 nitrogen and oxygen atoms in total. The molecule has 0 unspecified atom stereocenters. The molecule has 0 bridgehead atoms. The van der Waals surface area contributed by atoms with Crippen LogP contribution in [-0.2, 0) is 11.2 Å². The standard InChI is InChI=1S/C13H15NO5/c1-19-11-6-9(5-10(7-11)14(17)18)8-13(12(15)16)3-2-4-13/h5-7H,2-4,8H2,1H3,(H,15,16). The molecule has 0 atom stereocenters. The summed E-state index contributed by atoms with van der Waals surface area (Å²) < 4.78 is 5.02. The molecule has 1 aliphatic carbocycles. The second kappa shape index (κ2) is 4.87. The lowest BCUT2D eigenvalue weighted by molar-refractivity contribution is -0.385. The monoisotopic (exact) mass is 265 g/mol. The van der Waals surface area contributed by atoms with Crippen molar-refractivity contribution in [1.82, 2.24) is 0 Å². The van der Waals surface area contributed by atoms with E-state index in [1.54, 1.807) is 6.07 Å². The third-order valence-corrected chi connectivity index (χ3v) is 3.70. The van der Waals surface area contributed by atoms with Crippen LogP contribution in [0, 0.1) is 15.5 Å². The van der Waals surface area contributed by atoms with E-state index in [9.17, 15) is 20.0 Å². The predicted octanol–water partition coefficient (Wildman–Crippen LogP) is 2.40. The fourth-order valence-corrected chi connectivity index (χ4v) is 2.43. The van der Waals surface area contributed by atoms with Crippen LogP contribution in [-0.4, -0.2) is 23.1 Å². The molecular formula is C13H15NO5. The van der Waals surface area contributed by atoms with Crippen molar-refractivity contribution in [1.29, 1.82) is 0 Å². The normalized spacial score (nSPS) is 16.5. The SMILES string of the molecule is COc1cc(CC2(C(=O)O)CCC2)cc([N+](=O)[O-])c1. The molecule has 2 rings (SSSR count). The lowest BCUT2D eigenvalue weighted by Gasteiger charge is -2.37. The summed E-state index contributed by atoms with van der Waals surface area (Å²) in [4.78, 5) is 21.7. The van der Waals surface area contributed by atoms with Gasteiger partial charge < -0.3 is 9.84 Å². The first-order valence-corrected chi connectivity index (χ1v) is 6.03. The highest BCUT2D eigenvalue weighted by molar-refractivity contribution is 5.76. The number of carboxylic acid groups (broad SMARTS) is 1. The van der Waals surface area contributed by atoms with E-state index in [2.05, 4.69) is 0 Å². The van der Waals surface area contributed by atoms with Gasteiger partial charge in [-0.2, -0.15) is 0 Å². The zero-order valence-corrected chi connectivity index (χ0v) is 10.6. The van der Waals surface area contributed by atoms with Gasteiger partial charge >= 0.3 is 5.97 Å². The van der Waals surface area contributed by atoms with E-state index in [1.165, 1.54) is 19.2 Å². The molecule has 19 heavy (non-hydrogen) atoms. The highest BCUT2D eigenvalue weighted by Gasteiger charge is 2.44. The van der Waals surface area contributed by atoms with Crippen molar-refractivity contribution in [2.75, 3.05) is 7.11 Å². The fraction of sp³-hybridized carbons (Fsp3) is 0.462. The molecule has 0 spiro atoms. The largest absolute Gasteiger partial charge is 0.496 e. The number of non-ortho nitro benzene ring substituents is 1. The van der Waals surface area contributed by atoms with E-state index in [1.807, 2.05) is 0 Å². The van der Waals surface area contributed by atoms with Gasteiger partial charge in [-0.25, -0.2) is 0 Å². The minimum Gasteiger partial charge on any atom is -0.496 e. The summed E-state index contributed by atoms with van der Waals surface area (Å²) in [5.74, 6) is -0.451. The number of hydrogen-bond acceptors (Lipinski definition) is 4. The van der Waals surface area contributed by atoms with Crippen LogP contribution in [0.25, 0.3) is 0 Å². The van der Waals surface area contributed by atoms with Crippen LogP contribution in [0.5, 0.6) is 5.75 Å². The van der Waals surface area contributed by atoms with Crippen LogP contribution >= 0.6 is 0 Å². The topological polar surface area (TPSA) is 89.7 Å². The lowest BCUT2D eigenvalue weighted by Crippen LogP contribution is -2.39. The molecule has 6 heteroatoms. The molecule has 1 fully saturated rings. The molecule has 102 valence electrons. The van der Waals surface area contributed by atoms with Crippen molar-refractivity contribution in [2.24, 2.45) is 5.41 Å². The lowest BCUT2D eigenvalue weighted by atomic mass is 9.65. The smallest absolute Gasteiger partial charge is 0.309 e. The Kier molecular flexibility index (Phi) is 3.42. The van der Waals surface area contributed by atoms with Gasteiger partial charge in [0, 0.05) is 6.07 Å². The Hall–Kier alpha value is -2.11. The number of nitrogens with zero attached hydrogens (tertiary/aromatic N) is 1. The molecule has 0 aromatic heterocycles. The molecule has 0 saturated heterocycles. The number of carboxylic acids is 1. The molecule has 0 amide bonds. The Balaban J connectivity index is 2.31. The van der Waals surface area contributed by atoms with Crippen LogP contribution in [0.2, 0.25) is 0 Å². The minimum atomic E-state index is -0.829. The van der Waals surface area contributed by atoms with E-state index in [0.717, 1.165) is 6.42 Å². The average molecular weight is 265 g/mol. The number of rotatable bonds is 5. The highest BCUT2D eigenvalue weighted by Crippen LogP contribution is 2.44. The molecule has 1 saturated carbocycles. The maximum atomic E-state index is 11.3. The van der Waals surface area contributed by atoms with E-state index < -0.39 is 16.3 Å². The Morgan fingerprint density at radius 1 is 1.47 bits per heavy atom. The number of carbonyl (C=O) groups is 1. The predicted molar refractivity (Wildman–Crippen MR) is 67.3 cm³/mol. The number of nitro groups is 1. The van der Waals surface area contributed by atoms with Crippen LogP contribution in [0.3, 0.4) is 0 Å². The summed E-state index contributed by atoms with van der Waals surface area (Å²) in [5.41, 5.74) is -0.206. The van der Waals surface area contributed by atoms with Crippen molar-refractivity contribution < 1.29 is 19.6 Å². The zero-order valence-electron chi connectivity index (χ0n) is 10.6. The van der Waals surface area contributed by atoms with Crippen LogP contribution in [0.1, 0.15) is 24.8 Å². The summed E-state index contributed by atoms with van der Waals surface area (Å²) >= 11 is 0. The summed E-state index contributed by atoms with van der Waals surface area (Å²) in [7, 11) is 1.43. The van der Waals surface area contributed by atoms with Crippen molar-refractivity contribution in [3.05, 3.63) is 33.9 Å². The van der Waals surface area contributed by atoms with Crippen LogP contribution in [0.4, 0.5) is 5.69 Å². The molecule has 0 radical (unpaired) electrons. The van der Waals surface area contributed by atoms with Gasteiger partial charge in [-0.1, -0.05) is 6.42 Å². The first-order valence-electron chi connectivity index (χ1n) is 6.03. The molecule has 1 aliphatic rings. The van der Waals surface area contributed by atoms with Gasteiger partial charge in [0.25, 0.3) is 5.69 Å². The number of nitro benzene ring substituents is 1. The molecule has 1 aromatic carbocycles. The van der Waals surface area contributed by atoms with Crippen LogP contribution in [0.15, 0.2) is 18.2 Å². The molecule has 1 aromatic rings. The third-order valence-electron chi connectivity index (χ3n) is 3.70. The number of hydrogen-bond donors (Lipinski definition) is 1. The van der Waals surface area contributed by atoms with Gasteiger partial charge in [0.15, 0.2) is 0 Å². The van der Waals surface area contributed by atoms with Crippen molar-refractivity contribution in [3.8, 4) is 5.75 Å². The van der Waals surface area contributed by atoms with Gasteiger partial charge in [0.1, 0.15) is 5.75 Å². The number of methoxy groups -OCH3 is 1. The first-order chi connectivity index (χ1) is 8.97. The molecule has 1 N–H and O–H groups in total. The van der Waals surface area contributed by atoms with Crippen molar-refractivity contribution in [3.63, 3.8) is 0 Å². The van der Waals surface area contributed by atoms with E-state index >= 15 is 0 Å². The molecule has 0 heterocycles. The Morgan fingerprint density at radius 3 is 2.58 bits per heavy atom.